The molecular weight excluding hydrogens is 444 g/mol. The van der Waals surface area contributed by atoms with Crippen molar-refractivity contribution in [3.8, 4) is 0 Å². The lowest BCUT2D eigenvalue weighted by atomic mass is 9.46. The van der Waals surface area contributed by atoms with Gasteiger partial charge in [-0.05, 0) is 73.8 Å². The maximum Gasteiger partial charge on any atom is 0.307 e. The Morgan fingerprint density at radius 2 is 1.97 bits per heavy atom. The molecule has 4 bridgehead atoms. The number of rotatable bonds is 7. The second-order valence-electron chi connectivity index (χ2n) is 11.1. The molecule has 2 heterocycles. The first kappa shape index (κ1) is 22.0. The van der Waals surface area contributed by atoms with Crippen molar-refractivity contribution >= 4 is 17.4 Å². The van der Waals surface area contributed by atoms with E-state index in [2.05, 4.69) is 34.6 Å². The quantitative estimate of drug-likeness (QED) is 0.395. The van der Waals surface area contributed by atoms with E-state index >= 15 is 0 Å². The Morgan fingerprint density at radius 3 is 2.69 bits per heavy atom. The molecule has 4 saturated carbocycles. The van der Waals surface area contributed by atoms with E-state index in [1.54, 1.807) is 6.20 Å². The monoisotopic (exact) mass is 474 g/mol. The van der Waals surface area contributed by atoms with Gasteiger partial charge in [0.05, 0.1) is 17.0 Å². The molecule has 0 aliphatic heterocycles. The zero-order valence-corrected chi connectivity index (χ0v) is 19.9. The molecule has 0 saturated heterocycles. The van der Waals surface area contributed by atoms with Crippen LogP contribution < -0.4 is 5.32 Å². The minimum Gasteiger partial charge on any atom is -0.309 e. The maximum atomic E-state index is 13.2. The Kier molecular flexibility index (Phi) is 5.05. The highest BCUT2D eigenvalue weighted by molar-refractivity contribution is 5.90. The minimum atomic E-state index is -0.383. The van der Waals surface area contributed by atoms with Crippen molar-refractivity contribution in [1.82, 2.24) is 19.6 Å². The lowest BCUT2D eigenvalue weighted by molar-refractivity contribution is -0.385. The lowest BCUT2D eigenvalue weighted by Crippen LogP contribution is -2.57. The van der Waals surface area contributed by atoms with E-state index in [4.69, 9.17) is 0 Å². The van der Waals surface area contributed by atoms with Gasteiger partial charge in [-0.2, -0.15) is 10.2 Å². The molecule has 0 spiro atoms. The molecule has 4 aliphatic rings. The Morgan fingerprint density at radius 1 is 1.20 bits per heavy atom. The zero-order valence-electron chi connectivity index (χ0n) is 19.9. The number of nitrogens with one attached hydrogen (secondary N) is 1. The summed E-state index contributed by atoms with van der Waals surface area (Å²) < 4.78 is 3.70. The first-order valence-corrected chi connectivity index (χ1v) is 12.4. The van der Waals surface area contributed by atoms with Crippen LogP contribution in [0.25, 0.3) is 0 Å². The Hall–Kier alpha value is -3.49. The number of carbonyl (C=O) groups is 1. The van der Waals surface area contributed by atoms with Crippen LogP contribution in [0.15, 0.2) is 48.9 Å². The second kappa shape index (κ2) is 8.03. The van der Waals surface area contributed by atoms with Crippen molar-refractivity contribution in [1.29, 1.82) is 0 Å². The van der Waals surface area contributed by atoms with Gasteiger partial charge in [0.25, 0.3) is 0 Å². The Labute approximate surface area is 203 Å². The third-order valence-electron chi connectivity index (χ3n) is 8.45. The number of anilines is 1. The summed E-state index contributed by atoms with van der Waals surface area (Å²) in [4.78, 5) is 24.0. The standard InChI is InChI=1S/C26H30N6O3/c1-18-4-2-3-5-21(18)15-30-7-6-23(29-30)28-24(33)13-25-9-19-8-20(10-25)12-26(11-19,17-25)31-16-22(14-27-31)32(34)35/h2-7,14,16,19-20H,8-13,15,17H2,1H3,(H,28,29,33). The third-order valence-corrected chi connectivity index (χ3v) is 8.45. The number of benzene rings is 1. The molecule has 2 atom stereocenters. The van der Waals surface area contributed by atoms with Gasteiger partial charge in [0.1, 0.15) is 12.4 Å². The van der Waals surface area contributed by atoms with E-state index in [9.17, 15) is 14.9 Å². The van der Waals surface area contributed by atoms with Crippen molar-refractivity contribution in [2.24, 2.45) is 17.3 Å². The highest BCUT2D eigenvalue weighted by atomic mass is 16.6. The van der Waals surface area contributed by atoms with Crippen molar-refractivity contribution in [2.45, 2.75) is 64.0 Å². The highest BCUT2D eigenvalue weighted by Crippen LogP contribution is 2.65. The molecule has 182 valence electrons. The first-order valence-electron chi connectivity index (χ1n) is 12.4. The van der Waals surface area contributed by atoms with E-state index < -0.39 is 0 Å². The van der Waals surface area contributed by atoms with E-state index in [0.717, 1.165) is 32.1 Å². The predicted octanol–water partition coefficient (Wildman–Crippen LogP) is 4.67. The highest BCUT2D eigenvalue weighted by Gasteiger charge is 2.59. The van der Waals surface area contributed by atoms with Gasteiger partial charge in [0.15, 0.2) is 5.82 Å². The van der Waals surface area contributed by atoms with Gasteiger partial charge in [-0.3, -0.25) is 24.3 Å². The molecule has 7 rings (SSSR count). The van der Waals surface area contributed by atoms with Gasteiger partial charge >= 0.3 is 5.69 Å². The number of aryl methyl sites for hydroxylation is 1. The second-order valence-corrected chi connectivity index (χ2v) is 11.1. The molecule has 3 aromatic rings. The summed E-state index contributed by atoms with van der Waals surface area (Å²) >= 11 is 0. The lowest BCUT2D eigenvalue weighted by Gasteiger charge is -2.61. The van der Waals surface area contributed by atoms with Gasteiger partial charge in [-0.1, -0.05) is 24.3 Å². The van der Waals surface area contributed by atoms with Gasteiger partial charge in [0, 0.05) is 18.7 Å². The molecule has 4 fully saturated rings. The number of nitrogens with zero attached hydrogens (tertiary/aromatic N) is 5. The minimum absolute atomic E-state index is 0.00492. The molecule has 1 amide bonds. The average Bonchev–Trinajstić information content (AvgIpc) is 3.44. The van der Waals surface area contributed by atoms with Gasteiger partial charge in [-0.25, -0.2) is 0 Å². The maximum absolute atomic E-state index is 13.2. The van der Waals surface area contributed by atoms with Crippen LogP contribution in [-0.4, -0.2) is 30.4 Å². The topological polar surface area (TPSA) is 108 Å². The van der Waals surface area contributed by atoms with Crippen LogP contribution in [0.2, 0.25) is 0 Å². The molecule has 1 N–H and O–H groups in total. The van der Waals surface area contributed by atoms with Crippen LogP contribution in [-0.2, 0) is 16.9 Å². The van der Waals surface area contributed by atoms with Gasteiger partial charge in [0.2, 0.25) is 5.91 Å². The first-order chi connectivity index (χ1) is 16.8. The van der Waals surface area contributed by atoms with E-state index in [1.807, 2.05) is 33.8 Å². The van der Waals surface area contributed by atoms with Crippen molar-refractivity contribution < 1.29 is 9.72 Å². The Bertz CT molecular complexity index is 1280. The van der Waals surface area contributed by atoms with E-state index in [0.29, 0.717) is 30.6 Å². The van der Waals surface area contributed by atoms with Crippen LogP contribution in [0, 0.1) is 34.3 Å². The van der Waals surface area contributed by atoms with Crippen molar-refractivity contribution in [3.63, 3.8) is 0 Å². The summed E-state index contributed by atoms with van der Waals surface area (Å²) in [7, 11) is 0. The molecular formula is C26H30N6O3. The van der Waals surface area contributed by atoms with Crippen molar-refractivity contribution in [3.05, 3.63) is 70.2 Å². The summed E-state index contributed by atoms with van der Waals surface area (Å²) in [5, 5.41) is 23.2. The van der Waals surface area contributed by atoms with Gasteiger partial charge in [-0.15, -0.1) is 0 Å². The molecule has 9 heteroatoms. The van der Waals surface area contributed by atoms with Crippen molar-refractivity contribution in [2.75, 3.05) is 5.32 Å². The average molecular weight is 475 g/mol. The van der Waals surface area contributed by atoms with Gasteiger partial charge < -0.3 is 5.32 Å². The van der Waals surface area contributed by atoms with Crippen LogP contribution >= 0.6 is 0 Å². The molecule has 0 radical (unpaired) electrons. The van der Waals surface area contributed by atoms with Crippen LogP contribution in [0.5, 0.6) is 0 Å². The summed E-state index contributed by atoms with van der Waals surface area (Å²) in [6, 6.07) is 10.1. The normalized spacial score (nSPS) is 28.8. The summed E-state index contributed by atoms with van der Waals surface area (Å²) in [6.07, 6.45) is 11.4. The third kappa shape index (κ3) is 4.02. The summed E-state index contributed by atoms with van der Waals surface area (Å²) in [5.41, 5.74) is 2.15. The number of hydrogen-bond donors (Lipinski definition) is 1. The smallest absolute Gasteiger partial charge is 0.307 e. The molecule has 9 nitrogen and oxygen atoms in total. The number of hydrogen-bond acceptors (Lipinski definition) is 5. The zero-order chi connectivity index (χ0) is 24.2. The number of carbonyl (C=O) groups excluding carboxylic acids is 1. The Balaban J connectivity index is 1.16. The predicted molar refractivity (Wildman–Crippen MR) is 130 cm³/mol. The fourth-order valence-corrected chi connectivity index (χ4v) is 7.55. The summed E-state index contributed by atoms with van der Waals surface area (Å²) in [6.45, 7) is 2.75. The fourth-order valence-electron chi connectivity index (χ4n) is 7.55. The van der Waals surface area contributed by atoms with E-state index in [-0.39, 0.29) is 27.5 Å². The molecule has 2 unspecified atom stereocenters. The van der Waals surface area contributed by atoms with E-state index in [1.165, 1.54) is 23.7 Å². The van der Waals surface area contributed by atoms with Crippen LogP contribution in [0.1, 0.15) is 56.1 Å². The number of nitro groups is 1. The molecule has 2 aromatic heterocycles. The molecule has 35 heavy (non-hydrogen) atoms. The fraction of sp³-hybridized carbons (Fsp3) is 0.500. The van der Waals surface area contributed by atoms with Crippen LogP contribution in [0.3, 0.4) is 0 Å². The molecule has 1 aromatic carbocycles. The number of amides is 1. The number of aromatic nitrogens is 4. The SMILES string of the molecule is Cc1ccccc1Cn1ccc(NC(=O)CC23CC4CC(C2)CC(n2cc([N+](=O)[O-])cn2)(C4)C3)n1. The molecule has 4 aliphatic carbocycles. The van der Waals surface area contributed by atoms with Crippen LogP contribution in [0.4, 0.5) is 11.5 Å². The summed E-state index contributed by atoms with van der Waals surface area (Å²) in [5.74, 6) is 1.65. The largest absolute Gasteiger partial charge is 0.309 e.